The van der Waals surface area contributed by atoms with Crippen LogP contribution in [-0.2, 0) is 9.53 Å². The molecule has 4 heteroatoms. The van der Waals surface area contributed by atoms with Crippen molar-refractivity contribution in [1.82, 2.24) is 5.32 Å². The van der Waals surface area contributed by atoms with Crippen molar-refractivity contribution in [2.45, 2.75) is 20.1 Å². The van der Waals surface area contributed by atoms with Crippen LogP contribution in [0.25, 0.3) is 0 Å². The summed E-state index contributed by atoms with van der Waals surface area (Å²) in [6, 6.07) is 0. The summed E-state index contributed by atoms with van der Waals surface area (Å²) in [5, 5.41) is 11.6. The monoisotopic (exact) mass is 147 g/mol. The van der Waals surface area contributed by atoms with Gasteiger partial charge < -0.3 is 9.84 Å². The smallest absolute Gasteiger partial charge is 0.302 e. The van der Waals surface area contributed by atoms with E-state index in [9.17, 15) is 4.79 Å². The van der Waals surface area contributed by atoms with Gasteiger partial charge in [-0.2, -0.15) is 0 Å². The van der Waals surface area contributed by atoms with Gasteiger partial charge in [0.2, 0.25) is 0 Å². The van der Waals surface area contributed by atoms with Crippen molar-refractivity contribution in [3.63, 3.8) is 0 Å². The molecule has 10 heavy (non-hydrogen) atoms. The highest BCUT2D eigenvalue weighted by Gasteiger charge is 2.01. The van der Waals surface area contributed by atoms with Crippen LogP contribution in [0.15, 0.2) is 0 Å². The Balaban J connectivity index is 3.21. The average Bonchev–Trinajstić information content (AvgIpc) is 1.85. The van der Waals surface area contributed by atoms with E-state index in [1.54, 1.807) is 0 Å². The van der Waals surface area contributed by atoms with Crippen molar-refractivity contribution in [2.24, 2.45) is 0 Å². The third-order valence-electron chi connectivity index (χ3n) is 0.884. The van der Waals surface area contributed by atoms with Crippen molar-refractivity contribution in [3.8, 4) is 0 Å². The highest BCUT2D eigenvalue weighted by Crippen LogP contribution is 1.80. The molecule has 0 radical (unpaired) electrons. The van der Waals surface area contributed by atoms with E-state index in [-0.39, 0.29) is 12.6 Å². The zero-order valence-corrected chi connectivity index (χ0v) is 6.26. The first-order valence-corrected chi connectivity index (χ1v) is 3.21. The molecular formula is C6H13NO3. The number of nitrogens with one attached hydrogen (secondary N) is 1. The minimum Gasteiger partial charge on any atom is -0.462 e. The number of aliphatic hydroxyl groups excluding tert-OH is 1. The van der Waals surface area contributed by atoms with Crippen LogP contribution in [-0.4, -0.2) is 30.5 Å². The van der Waals surface area contributed by atoms with E-state index in [0.717, 1.165) is 0 Å². The molecule has 0 amide bonds. The minimum absolute atomic E-state index is 0.0170. The molecule has 0 aliphatic carbocycles. The summed E-state index contributed by atoms with van der Waals surface area (Å²) in [6.07, 6.45) is -0.742. The molecule has 60 valence electrons. The average molecular weight is 147 g/mol. The van der Waals surface area contributed by atoms with Crippen molar-refractivity contribution in [1.29, 1.82) is 0 Å². The van der Waals surface area contributed by atoms with E-state index < -0.39 is 6.23 Å². The fraction of sp³-hybridized carbons (Fsp3) is 0.833. The summed E-state index contributed by atoms with van der Waals surface area (Å²) >= 11 is 0. The zero-order chi connectivity index (χ0) is 7.98. The molecule has 0 heterocycles. The first-order chi connectivity index (χ1) is 4.66. The van der Waals surface area contributed by atoms with Crippen LogP contribution in [0, 0.1) is 0 Å². The number of hydrogen-bond donors (Lipinski definition) is 2. The highest BCUT2D eigenvalue weighted by atomic mass is 16.5. The topological polar surface area (TPSA) is 58.6 Å². The van der Waals surface area contributed by atoms with Gasteiger partial charge in [0.15, 0.2) is 0 Å². The predicted molar refractivity (Wildman–Crippen MR) is 36.3 cm³/mol. The summed E-state index contributed by atoms with van der Waals surface area (Å²) in [5.41, 5.74) is 0. The number of aliphatic hydroxyl groups is 1. The largest absolute Gasteiger partial charge is 0.462 e. The van der Waals surface area contributed by atoms with Crippen LogP contribution < -0.4 is 5.32 Å². The Morgan fingerprint density at radius 3 is 2.80 bits per heavy atom. The SMILES string of the molecule is CCNC(O)COC(C)=O. The number of hydrogen-bond acceptors (Lipinski definition) is 4. The Labute approximate surface area is 60.2 Å². The normalized spacial score (nSPS) is 12.7. The summed E-state index contributed by atoms with van der Waals surface area (Å²) in [6.45, 7) is 3.83. The molecule has 0 spiro atoms. The van der Waals surface area contributed by atoms with Crippen LogP contribution in [0.5, 0.6) is 0 Å². The number of likely N-dealkylation sites (N-methyl/N-ethyl adjacent to an activating group) is 1. The standard InChI is InChI=1S/C6H13NO3/c1-3-7-6(9)4-10-5(2)8/h6-7,9H,3-4H2,1-2H3. The molecule has 0 fully saturated rings. The van der Waals surface area contributed by atoms with Crippen molar-refractivity contribution in [2.75, 3.05) is 13.2 Å². The number of carbonyl (C=O) groups excluding carboxylic acids is 1. The summed E-state index contributed by atoms with van der Waals surface area (Å²) < 4.78 is 4.50. The van der Waals surface area contributed by atoms with Gasteiger partial charge in [-0.15, -0.1) is 0 Å². The third kappa shape index (κ3) is 5.53. The lowest BCUT2D eigenvalue weighted by Crippen LogP contribution is -2.33. The maximum atomic E-state index is 10.2. The molecule has 0 aliphatic rings. The molecule has 0 saturated heterocycles. The van der Waals surface area contributed by atoms with Crippen LogP contribution in [0.2, 0.25) is 0 Å². The molecule has 2 N–H and O–H groups in total. The van der Waals surface area contributed by atoms with Gasteiger partial charge in [-0.1, -0.05) is 6.92 Å². The number of rotatable bonds is 4. The van der Waals surface area contributed by atoms with Crippen molar-refractivity contribution in [3.05, 3.63) is 0 Å². The maximum absolute atomic E-state index is 10.2. The molecule has 1 atom stereocenters. The lowest BCUT2D eigenvalue weighted by atomic mass is 10.5. The Morgan fingerprint density at radius 2 is 2.40 bits per heavy atom. The third-order valence-corrected chi connectivity index (χ3v) is 0.884. The number of esters is 1. The van der Waals surface area contributed by atoms with Gasteiger partial charge in [0.1, 0.15) is 12.8 Å². The van der Waals surface area contributed by atoms with E-state index in [1.807, 2.05) is 6.92 Å². The first kappa shape index (κ1) is 9.39. The van der Waals surface area contributed by atoms with Gasteiger partial charge in [0.25, 0.3) is 0 Å². The Hall–Kier alpha value is -0.610. The first-order valence-electron chi connectivity index (χ1n) is 3.21. The Bertz CT molecular complexity index is 105. The fourth-order valence-electron chi connectivity index (χ4n) is 0.491. The van der Waals surface area contributed by atoms with Gasteiger partial charge in [-0.25, -0.2) is 0 Å². The van der Waals surface area contributed by atoms with E-state index >= 15 is 0 Å². The van der Waals surface area contributed by atoms with E-state index in [4.69, 9.17) is 5.11 Å². The van der Waals surface area contributed by atoms with Crippen LogP contribution in [0.4, 0.5) is 0 Å². The Kier molecular flexibility index (Phi) is 4.88. The van der Waals surface area contributed by atoms with Crippen molar-refractivity contribution < 1.29 is 14.6 Å². The molecule has 0 aromatic rings. The van der Waals surface area contributed by atoms with Gasteiger partial charge >= 0.3 is 5.97 Å². The quantitative estimate of drug-likeness (QED) is 0.415. The fourth-order valence-corrected chi connectivity index (χ4v) is 0.491. The summed E-state index contributed by atoms with van der Waals surface area (Å²) in [4.78, 5) is 10.2. The molecule has 0 aromatic carbocycles. The van der Waals surface area contributed by atoms with Gasteiger partial charge in [-0.3, -0.25) is 10.1 Å². The molecular weight excluding hydrogens is 134 g/mol. The minimum atomic E-state index is -0.742. The van der Waals surface area contributed by atoms with E-state index in [2.05, 4.69) is 10.1 Å². The molecule has 0 aliphatic heterocycles. The second-order valence-electron chi connectivity index (χ2n) is 1.88. The molecule has 0 bridgehead atoms. The number of carbonyl (C=O) groups is 1. The van der Waals surface area contributed by atoms with Crippen LogP contribution in [0.1, 0.15) is 13.8 Å². The van der Waals surface area contributed by atoms with Crippen LogP contribution in [0.3, 0.4) is 0 Å². The van der Waals surface area contributed by atoms with Crippen LogP contribution >= 0.6 is 0 Å². The summed E-state index contributed by atoms with van der Waals surface area (Å²) in [7, 11) is 0. The lowest BCUT2D eigenvalue weighted by Gasteiger charge is -2.09. The zero-order valence-electron chi connectivity index (χ0n) is 6.26. The van der Waals surface area contributed by atoms with E-state index in [1.165, 1.54) is 6.92 Å². The van der Waals surface area contributed by atoms with Gasteiger partial charge in [0.05, 0.1) is 0 Å². The molecule has 0 rings (SSSR count). The molecule has 4 nitrogen and oxygen atoms in total. The predicted octanol–water partition coefficient (Wildman–Crippen LogP) is -0.523. The summed E-state index contributed by atoms with van der Waals surface area (Å²) in [5.74, 6) is -0.378. The highest BCUT2D eigenvalue weighted by molar-refractivity contribution is 5.65. The second-order valence-corrected chi connectivity index (χ2v) is 1.88. The number of ether oxygens (including phenoxy) is 1. The lowest BCUT2D eigenvalue weighted by molar-refractivity contribution is -0.144. The van der Waals surface area contributed by atoms with Gasteiger partial charge in [0, 0.05) is 6.92 Å². The van der Waals surface area contributed by atoms with E-state index in [0.29, 0.717) is 6.54 Å². The maximum Gasteiger partial charge on any atom is 0.302 e. The Morgan fingerprint density at radius 1 is 1.80 bits per heavy atom. The molecule has 0 saturated carbocycles. The van der Waals surface area contributed by atoms with Gasteiger partial charge in [-0.05, 0) is 6.54 Å². The van der Waals surface area contributed by atoms with Crippen molar-refractivity contribution >= 4 is 5.97 Å². The second kappa shape index (κ2) is 5.20. The molecule has 0 aromatic heterocycles. The molecule has 1 unspecified atom stereocenters.